The fourth-order valence-corrected chi connectivity index (χ4v) is 3.71. The molecule has 2 aromatic heterocycles. The van der Waals surface area contributed by atoms with Crippen LogP contribution in [0.15, 0.2) is 35.4 Å². The van der Waals surface area contributed by atoms with Crippen LogP contribution >= 0.6 is 0 Å². The highest BCUT2D eigenvalue weighted by Crippen LogP contribution is 2.21. The topological polar surface area (TPSA) is 84.1 Å². The maximum absolute atomic E-state index is 12.6. The van der Waals surface area contributed by atoms with Gasteiger partial charge in [0.15, 0.2) is 0 Å². The van der Waals surface area contributed by atoms with Crippen LogP contribution in [0, 0.1) is 5.92 Å². The lowest BCUT2D eigenvalue weighted by Gasteiger charge is -2.19. The van der Waals surface area contributed by atoms with Crippen molar-refractivity contribution in [3.8, 4) is 0 Å². The Morgan fingerprint density at radius 3 is 2.96 bits per heavy atom. The summed E-state index contributed by atoms with van der Waals surface area (Å²) in [7, 11) is 0. The molecule has 6 heteroatoms. The average Bonchev–Trinajstić information content (AvgIpc) is 3.24. The van der Waals surface area contributed by atoms with Crippen molar-refractivity contribution in [1.82, 2.24) is 15.3 Å². The summed E-state index contributed by atoms with van der Waals surface area (Å²) in [6, 6.07) is 5.61. The first-order valence-corrected chi connectivity index (χ1v) is 8.73. The maximum atomic E-state index is 12.6. The lowest BCUT2D eigenvalue weighted by Crippen LogP contribution is -2.42. The first-order chi connectivity index (χ1) is 12.2. The molecule has 0 radical (unpaired) electrons. The number of nitrogens with one attached hydrogen (secondary N) is 2. The zero-order chi connectivity index (χ0) is 17.2. The second-order valence-electron chi connectivity index (χ2n) is 6.81. The van der Waals surface area contributed by atoms with Crippen LogP contribution in [0.5, 0.6) is 0 Å². The number of aromatic nitrogens is 2. The summed E-state index contributed by atoms with van der Waals surface area (Å²) in [6.45, 7) is 1.08. The van der Waals surface area contributed by atoms with Gasteiger partial charge in [0.2, 0.25) is 0 Å². The molecule has 25 heavy (non-hydrogen) atoms. The van der Waals surface area contributed by atoms with Crippen molar-refractivity contribution in [3.05, 3.63) is 63.3 Å². The number of fused-ring (bicyclic) bond motifs is 1. The van der Waals surface area contributed by atoms with Crippen LogP contribution < -0.4 is 10.9 Å². The molecule has 2 aliphatic rings. The second kappa shape index (κ2) is 6.80. The largest absolute Gasteiger partial charge is 0.379 e. The monoisotopic (exact) mass is 339 g/mol. The number of aryl methyl sites for hydroxylation is 2. The van der Waals surface area contributed by atoms with Crippen LogP contribution in [0.3, 0.4) is 0 Å². The van der Waals surface area contributed by atoms with Crippen LogP contribution in [0.25, 0.3) is 0 Å². The smallest absolute Gasteiger partial charge is 0.261 e. The van der Waals surface area contributed by atoms with Crippen molar-refractivity contribution in [2.24, 2.45) is 5.92 Å². The highest BCUT2D eigenvalue weighted by atomic mass is 16.5. The summed E-state index contributed by atoms with van der Waals surface area (Å²) in [4.78, 5) is 31.7. The quantitative estimate of drug-likeness (QED) is 0.878. The molecule has 2 aromatic rings. The van der Waals surface area contributed by atoms with Gasteiger partial charge in [-0.05, 0) is 55.0 Å². The fraction of sp³-hybridized carbons (Fsp3) is 0.421. The SMILES string of the molecule is O=C(N[C@H]1COC[C@H]1Cc1ccncc1)c1cc2c([nH]c1=O)CCC2. The summed E-state index contributed by atoms with van der Waals surface area (Å²) in [5, 5.41) is 3.00. The van der Waals surface area contributed by atoms with Gasteiger partial charge in [-0.3, -0.25) is 14.6 Å². The fourth-order valence-electron chi connectivity index (χ4n) is 3.71. The summed E-state index contributed by atoms with van der Waals surface area (Å²) in [6.07, 6.45) is 7.18. The lowest BCUT2D eigenvalue weighted by molar-refractivity contribution is 0.0923. The van der Waals surface area contributed by atoms with E-state index in [1.807, 2.05) is 12.1 Å². The number of nitrogens with zero attached hydrogens (tertiary/aromatic N) is 1. The number of H-pyrrole nitrogens is 1. The van der Waals surface area contributed by atoms with E-state index in [1.54, 1.807) is 18.5 Å². The van der Waals surface area contributed by atoms with E-state index >= 15 is 0 Å². The number of hydrogen-bond donors (Lipinski definition) is 2. The van der Waals surface area contributed by atoms with Crippen molar-refractivity contribution in [1.29, 1.82) is 0 Å². The number of carbonyl (C=O) groups excluding carboxylic acids is 1. The zero-order valence-corrected chi connectivity index (χ0v) is 14.0. The first-order valence-electron chi connectivity index (χ1n) is 8.73. The van der Waals surface area contributed by atoms with Crippen molar-refractivity contribution >= 4 is 5.91 Å². The number of pyridine rings is 2. The summed E-state index contributed by atoms with van der Waals surface area (Å²) in [5.41, 5.74) is 3.13. The summed E-state index contributed by atoms with van der Waals surface area (Å²) in [5.74, 6) is -0.119. The molecule has 2 N–H and O–H groups in total. The summed E-state index contributed by atoms with van der Waals surface area (Å²) < 4.78 is 5.57. The molecule has 3 heterocycles. The van der Waals surface area contributed by atoms with Crippen molar-refractivity contribution in [3.63, 3.8) is 0 Å². The maximum Gasteiger partial charge on any atom is 0.261 e. The van der Waals surface area contributed by atoms with Gasteiger partial charge in [0.1, 0.15) is 5.56 Å². The Balaban J connectivity index is 1.48. The molecule has 130 valence electrons. The van der Waals surface area contributed by atoms with Gasteiger partial charge < -0.3 is 15.0 Å². The van der Waals surface area contributed by atoms with Crippen molar-refractivity contribution in [2.45, 2.75) is 31.7 Å². The van der Waals surface area contributed by atoms with E-state index in [1.165, 1.54) is 5.56 Å². The van der Waals surface area contributed by atoms with Gasteiger partial charge >= 0.3 is 0 Å². The van der Waals surface area contributed by atoms with Crippen LogP contribution in [-0.4, -0.2) is 35.1 Å². The minimum absolute atomic E-state index is 0.0895. The molecule has 1 aliphatic heterocycles. The van der Waals surface area contributed by atoms with E-state index in [2.05, 4.69) is 15.3 Å². The van der Waals surface area contributed by atoms with Crippen LogP contribution in [0.4, 0.5) is 0 Å². The molecule has 0 aromatic carbocycles. The van der Waals surface area contributed by atoms with E-state index < -0.39 is 0 Å². The molecule has 0 spiro atoms. The van der Waals surface area contributed by atoms with E-state index in [9.17, 15) is 9.59 Å². The Kier molecular flexibility index (Phi) is 4.36. The lowest BCUT2D eigenvalue weighted by atomic mass is 9.95. The van der Waals surface area contributed by atoms with Crippen molar-refractivity contribution in [2.75, 3.05) is 13.2 Å². The number of aromatic amines is 1. The standard InChI is InChI=1S/C19H21N3O3/c23-18-15(9-13-2-1-3-16(13)21-18)19(24)22-17-11-25-10-14(17)8-12-4-6-20-7-5-12/h4-7,9,14,17H,1-3,8,10-11H2,(H,21,23)(H,22,24)/t14-,17+/m1/s1. The molecule has 0 saturated carbocycles. The van der Waals surface area contributed by atoms with Gasteiger partial charge in [-0.15, -0.1) is 0 Å². The van der Waals surface area contributed by atoms with Gasteiger partial charge in [0.25, 0.3) is 11.5 Å². The molecule has 1 amide bonds. The molecule has 6 nitrogen and oxygen atoms in total. The minimum Gasteiger partial charge on any atom is -0.379 e. The average molecular weight is 339 g/mol. The molecule has 1 aliphatic carbocycles. The molecule has 0 bridgehead atoms. The number of ether oxygens (including phenoxy) is 1. The van der Waals surface area contributed by atoms with Gasteiger partial charge in [-0.1, -0.05) is 0 Å². The van der Waals surface area contributed by atoms with Gasteiger partial charge in [-0.2, -0.15) is 0 Å². The zero-order valence-electron chi connectivity index (χ0n) is 14.0. The Labute approximate surface area is 145 Å². The molecule has 2 atom stereocenters. The third-order valence-electron chi connectivity index (χ3n) is 5.09. The third kappa shape index (κ3) is 3.35. The molecule has 1 saturated heterocycles. The number of hydrogen-bond acceptors (Lipinski definition) is 4. The normalized spacial score (nSPS) is 21.9. The Hall–Kier alpha value is -2.47. The van der Waals surface area contributed by atoms with E-state index in [0.717, 1.165) is 36.9 Å². The van der Waals surface area contributed by atoms with Gasteiger partial charge in [-0.25, -0.2) is 0 Å². The van der Waals surface area contributed by atoms with Crippen molar-refractivity contribution < 1.29 is 9.53 Å². The molecular weight excluding hydrogens is 318 g/mol. The predicted octanol–water partition coefficient (Wildman–Crippen LogP) is 1.25. The molecule has 4 rings (SSSR count). The predicted molar refractivity (Wildman–Crippen MR) is 92.6 cm³/mol. The molecule has 0 unspecified atom stereocenters. The van der Waals surface area contributed by atoms with Crippen LogP contribution in [0.1, 0.15) is 33.6 Å². The second-order valence-corrected chi connectivity index (χ2v) is 6.81. The van der Waals surface area contributed by atoms with Gasteiger partial charge in [0, 0.05) is 24.0 Å². The Morgan fingerprint density at radius 2 is 2.12 bits per heavy atom. The highest BCUT2D eigenvalue weighted by molar-refractivity contribution is 5.94. The minimum atomic E-state index is -0.314. The van der Waals surface area contributed by atoms with E-state index in [-0.39, 0.29) is 29.0 Å². The molecule has 1 fully saturated rings. The van der Waals surface area contributed by atoms with Crippen LogP contribution in [-0.2, 0) is 24.0 Å². The number of carbonyl (C=O) groups is 1. The number of amides is 1. The highest BCUT2D eigenvalue weighted by Gasteiger charge is 2.30. The van der Waals surface area contributed by atoms with Crippen LogP contribution in [0.2, 0.25) is 0 Å². The Morgan fingerprint density at radius 1 is 1.28 bits per heavy atom. The van der Waals surface area contributed by atoms with Gasteiger partial charge in [0.05, 0.1) is 19.3 Å². The van der Waals surface area contributed by atoms with E-state index in [4.69, 9.17) is 4.74 Å². The molecular formula is C19H21N3O3. The Bertz CT molecular complexity index is 832. The van der Waals surface area contributed by atoms with E-state index in [0.29, 0.717) is 13.2 Å². The number of rotatable bonds is 4. The third-order valence-corrected chi connectivity index (χ3v) is 5.09. The first kappa shape index (κ1) is 16.0. The summed E-state index contributed by atoms with van der Waals surface area (Å²) >= 11 is 0.